The second kappa shape index (κ2) is 9.41. The van der Waals surface area contributed by atoms with Crippen LogP contribution in [0.15, 0.2) is 33.5 Å². The lowest BCUT2D eigenvalue weighted by molar-refractivity contribution is -0.139. The van der Waals surface area contributed by atoms with Crippen molar-refractivity contribution in [3.05, 3.63) is 40.2 Å². The van der Waals surface area contributed by atoms with Gasteiger partial charge in [-0.05, 0) is 37.5 Å². The molecule has 2 aromatic rings. The van der Waals surface area contributed by atoms with Crippen LogP contribution in [-0.4, -0.2) is 52.8 Å². The Morgan fingerprint density at radius 2 is 1.97 bits per heavy atom. The van der Waals surface area contributed by atoms with Crippen LogP contribution in [-0.2, 0) is 19.2 Å². The number of aliphatic carboxylic acids is 1. The SMILES string of the molecule is Cc1cc(=O)oc2cc(NC(=O)C3CCCN3C(=O)CNC(=O)CCC(=O)O)ccc12. The topological polar surface area (TPSA) is 146 Å². The van der Waals surface area contributed by atoms with Gasteiger partial charge in [0.05, 0.1) is 13.0 Å². The van der Waals surface area contributed by atoms with E-state index in [9.17, 15) is 24.0 Å². The molecule has 10 heteroatoms. The van der Waals surface area contributed by atoms with Crippen molar-refractivity contribution in [1.82, 2.24) is 10.2 Å². The van der Waals surface area contributed by atoms with Crippen LogP contribution in [0.4, 0.5) is 5.69 Å². The highest BCUT2D eigenvalue weighted by atomic mass is 16.4. The van der Waals surface area contributed by atoms with Gasteiger partial charge in [0, 0.05) is 36.2 Å². The van der Waals surface area contributed by atoms with Gasteiger partial charge >= 0.3 is 11.6 Å². The molecule has 0 spiro atoms. The molecule has 1 aromatic heterocycles. The number of carbonyl (C=O) groups is 4. The summed E-state index contributed by atoms with van der Waals surface area (Å²) in [7, 11) is 0. The predicted molar refractivity (Wildman–Crippen MR) is 110 cm³/mol. The molecule has 3 rings (SSSR count). The first kappa shape index (κ1) is 22.0. The van der Waals surface area contributed by atoms with Crippen molar-refractivity contribution in [3.63, 3.8) is 0 Å². The predicted octanol–water partition coefficient (Wildman–Crippen LogP) is 1.01. The number of fused-ring (bicyclic) bond motifs is 1. The van der Waals surface area contributed by atoms with Crippen molar-refractivity contribution in [2.45, 2.75) is 38.6 Å². The number of carboxylic acid groups (broad SMARTS) is 1. The number of nitrogens with zero attached hydrogens (tertiary/aromatic N) is 1. The summed E-state index contributed by atoms with van der Waals surface area (Å²) >= 11 is 0. The third-order valence-electron chi connectivity index (χ3n) is 5.10. The molecule has 1 atom stereocenters. The largest absolute Gasteiger partial charge is 0.481 e. The van der Waals surface area contributed by atoms with Gasteiger partial charge in [0.2, 0.25) is 17.7 Å². The van der Waals surface area contributed by atoms with E-state index in [-0.39, 0.29) is 25.3 Å². The number of amides is 3. The number of rotatable bonds is 7. The lowest BCUT2D eigenvalue weighted by Gasteiger charge is -2.24. The molecule has 1 unspecified atom stereocenters. The van der Waals surface area contributed by atoms with Crippen molar-refractivity contribution in [2.24, 2.45) is 0 Å². The summed E-state index contributed by atoms with van der Waals surface area (Å²) in [6.45, 7) is 1.87. The second-order valence-corrected chi connectivity index (χ2v) is 7.36. The van der Waals surface area contributed by atoms with Gasteiger partial charge in [0.1, 0.15) is 11.6 Å². The Labute approximate surface area is 177 Å². The summed E-state index contributed by atoms with van der Waals surface area (Å²) in [5, 5.41) is 14.5. The summed E-state index contributed by atoms with van der Waals surface area (Å²) in [5.74, 6) is -2.43. The van der Waals surface area contributed by atoms with E-state index in [0.717, 1.165) is 10.9 Å². The third-order valence-corrected chi connectivity index (χ3v) is 5.10. The molecule has 1 aromatic carbocycles. The summed E-state index contributed by atoms with van der Waals surface area (Å²) in [5.41, 5.74) is 1.08. The van der Waals surface area contributed by atoms with Crippen molar-refractivity contribution in [2.75, 3.05) is 18.4 Å². The Balaban J connectivity index is 1.62. The van der Waals surface area contributed by atoms with Crippen LogP contribution in [0.5, 0.6) is 0 Å². The zero-order chi connectivity index (χ0) is 22.5. The van der Waals surface area contributed by atoms with E-state index >= 15 is 0 Å². The van der Waals surface area contributed by atoms with Gasteiger partial charge in [-0.3, -0.25) is 19.2 Å². The first-order valence-corrected chi connectivity index (χ1v) is 9.88. The van der Waals surface area contributed by atoms with Crippen LogP contribution in [0.3, 0.4) is 0 Å². The maximum atomic E-state index is 12.8. The molecule has 2 heterocycles. The minimum Gasteiger partial charge on any atom is -0.481 e. The van der Waals surface area contributed by atoms with Crippen molar-refractivity contribution >= 4 is 40.3 Å². The number of hydrogen-bond donors (Lipinski definition) is 3. The molecule has 1 saturated heterocycles. The molecular weight excluding hydrogens is 406 g/mol. The van der Waals surface area contributed by atoms with E-state index in [1.54, 1.807) is 25.1 Å². The van der Waals surface area contributed by atoms with Crippen molar-refractivity contribution in [3.8, 4) is 0 Å². The van der Waals surface area contributed by atoms with Gasteiger partial charge in [-0.1, -0.05) is 0 Å². The number of nitrogens with one attached hydrogen (secondary N) is 2. The Morgan fingerprint density at radius 1 is 1.19 bits per heavy atom. The second-order valence-electron chi connectivity index (χ2n) is 7.36. The van der Waals surface area contributed by atoms with Crippen LogP contribution < -0.4 is 16.3 Å². The van der Waals surface area contributed by atoms with E-state index in [0.29, 0.717) is 30.7 Å². The average molecular weight is 429 g/mol. The molecule has 10 nitrogen and oxygen atoms in total. The standard InChI is InChI=1S/C21H23N3O7/c1-12-9-20(29)31-16-10-13(4-5-14(12)16)23-21(30)15-3-2-8-24(15)18(26)11-22-17(25)6-7-19(27)28/h4-5,9-10,15H,2-3,6-8,11H2,1H3,(H,22,25)(H,23,30)(H,27,28). The van der Waals surface area contributed by atoms with Crippen LogP contribution in [0.25, 0.3) is 11.0 Å². The summed E-state index contributed by atoms with van der Waals surface area (Å²) in [6.07, 6.45) is 0.582. The molecule has 0 radical (unpaired) electrons. The Kier molecular flexibility index (Phi) is 6.68. The molecule has 1 fully saturated rings. The fourth-order valence-corrected chi connectivity index (χ4v) is 3.55. The minimum atomic E-state index is -1.10. The smallest absolute Gasteiger partial charge is 0.336 e. The van der Waals surface area contributed by atoms with E-state index in [2.05, 4.69) is 10.6 Å². The quantitative estimate of drug-likeness (QED) is 0.557. The van der Waals surface area contributed by atoms with Crippen LogP contribution >= 0.6 is 0 Å². The van der Waals surface area contributed by atoms with Crippen LogP contribution in [0, 0.1) is 6.92 Å². The zero-order valence-electron chi connectivity index (χ0n) is 17.0. The number of hydrogen-bond acceptors (Lipinski definition) is 6. The molecule has 164 valence electrons. The molecule has 0 saturated carbocycles. The molecule has 1 aliphatic rings. The number of anilines is 1. The molecule has 0 aliphatic carbocycles. The van der Waals surface area contributed by atoms with E-state index in [1.807, 2.05) is 0 Å². The Hall–Kier alpha value is -3.69. The maximum absolute atomic E-state index is 12.8. The summed E-state index contributed by atoms with van der Waals surface area (Å²) in [6, 6.07) is 5.70. The molecule has 1 aliphatic heterocycles. The molecule has 31 heavy (non-hydrogen) atoms. The van der Waals surface area contributed by atoms with Crippen LogP contribution in [0.2, 0.25) is 0 Å². The summed E-state index contributed by atoms with van der Waals surface area (Å²) < 4.78 is 5.19. The number of benzene rings is 1. The van der Waals surface area contributed by atoms with E-state index in [4.69, 9.17) is 9.52 Å². The van der Waals surface area contributed by atoms with E-state index in [1.165, 1.54) is 11.0 Å². The maximum Gasteiger partial charge on any atom is 0.336 e. The fraction of sp³-hybridized carbons (Fsp3) is 0.381. The van der Waals surface area contributed by atoms with Crippen molar-refractivity contribution in [1.29, 1.82) is 0 Å². The molecule has 3 N–H and O–H groups in total. The van der Waals surface area contributed by atoms with Gasteiger partial charge in [-0.25, -0.2) is 4.79 Å². The lowest BCUT2D eigenvalue weighted by atomic mass is 10.1. The monoisotopic (exact) mass is 429 g/mol. The molecule has 0 bridgehead atoms. The highest BCUT2D eigenvalue weighted by Gasteiger charge is 2.34. The van der Waals surface area contributed by atoms with Gasteiger partial charge < -0.3 is 25.1 Å². The number of carbonyl (C=O) groups excluding carboxylic acids is 3. The van der Waals surface area contributed by atoms with Crippen LogP contribution in [0.1, 0.15) is 31.2 Å². The Bertz CT molecular complexity index is 1090. The van der Waals surface area contributed by atoms with E-state index < -0.39 is 29.5 Å². The lowest BCUT2D eigenvalue weighted by Crippen LogP contribution is -2.47. The highest BCUT2D eigenvalue weighted by Crippen LogP contribution is 2.23. The summed E-state index contributed by atoms with van der Waals surface area (Å²) in [4.78, 5) is 60.4. The molecular formula is C21H23N3O7. The van der Waals surface area contributed by atoms with Gasteiger partial charge in [0.15, 0.2) is 0 Å². The number of likely N-dealkylation sites (tertiary alicyclic amines) is 1. The average Bonchev–Trinajstić information content (AvgIpc) is 3.20. The highest BCUT2D eigenvalue weighted by molar-refractivity contribution is 5.99. The van der Waals surface area contributed by atoms with Gasteiger partial charge in [-0.15, -0.1) is 0 Å². The minimum absolute atomic E-state index is 0.218. The van der Waals surface area contributed by atoms with Gasteiger partial charge in [-0.2, -0.15) is 0 Å². The Morgan fingerprint density at radius 3 is 2.71 bits per heavy atom. The number of aryl methyl sites for hydroxylation is 1. The fourth-order valence-electron chi connectivity index (χ4n) is 3.55. The molecule has 3 amide bonds. The normalized spacial score (nSPS) is 15.6. The van der Waals surface area contributed by atoms with Gasteiger partial charge in [0.25, 0.3) is 0 Å². The number of carboxylic acids is 1. The first-order chi connectivity index (χ1) is 14.7. The first-order valence-electron chi connectivity index (χ1n) is 9.88. The third kappa shape index (κ3) is 5.47. The van der Waals surface area contributed by atoms with Crippen molar-refractivity contribution < 1.29 is 28.7 Å². The zero-order valence-corrected chi connectivity index (χ0v) is 17.0.